The van der Waals surface area contributed by atoms with Crippen LogP contribution in [0.25, 0.3) is 0 Å². The molecule has 0 aliphatic heterocycles. The van der Waals surface area contributed by atoms with Gasteiger partial charge in [-0.15, -0.1) is 5.10 Å². The Morgan fingerprint density at radius 2 is 1.95 bits per heavy atom. The second kappa shape index (κ2) is 6.46. The van der Waals surface area contributed by atoms with Gasteiger partial charge in [-0.2, -0.15) is 13.2 Å². The van der Waals surface area contributed by atoms with Crippen LogP contribution in [0.3, 0.4) is 0 Å². The highest BCUT2D eigenvalue weighted by molar-refractivity contribution is 5.84. The van der Waals surface area contributed by atoms with Crippen molar-refractivity contribution in [2.24, 2.45) is 0 Å². The standard InChI is InChI=1S/C13H12F3N3O3/c1-21-12(20)11-17-8-19(18-11)6-9-2-4-10(5-3-9)22-7-13(14,15)16/h2-5,8H,6-7H2,1H3. The van der Waals surface area contributed by atoms with Crippen LogP contribution in [-0.4, -0.2) is 40.6 Å². The van der Waals surface area contributed by atoms with Gasteiger partial charge in [-0.05, 0) is 17.7 Å². The van der Waals surface area contributed by atoms with Crippen molar-refractivity contribution in [2.75, 3.05) is 13.7 Å². The Morgan fingerprint density at radius 1 is 1.27 bits per heavy atom. The summed E-state index contributed by atoms with van der Waals surface area (Å²) in [6.07, 6.45) is -3.01. The number of hydrogen-bond donors (Lipinski definition) is 0. The van der Waals surface area contributed by atoms with Gasteiger partial charge in [0.25, 0.3) is 5.82 Å². The van der Waals surface area contributed by atoms with Crippen LogP contribution in [0.5, 0.6) is 5.75 Å². The SMILES string of the molecule is COC(=O)c1ncn(Cc2ccc(OCC(F)(F)F)cc2)n1. The second-order valence-electron chi connectivity index (χ2n) is 4.31. The lowest BCUT2D eigenvalue weighted by Crippen LogP contribution is -2.19. The fourth-order valence-corrected chi connectivity index (χ4v) is 1.60. The normalized spacial score (nSPS) is 11.3. The molecule has 22 heavy (non-hydrogen) atoms. The zero-order valence-electron chi connectivity index (χ0n) is 11.5. The molecule has 0 saturated heterocycles. The molecule has 0 unspecified atom stereocenters. The largest absolute Gasteiger partial charge is 0.484 e. The lowest BCUT2D eigenvalue weighted by atomic mass is 10.2. The maximum Gasteiger partial charge on any atom is 0.422 e. The monoisotopic (exact) mass is 315 g/mol. The number of nitrogens with zero attached hydrogens (tertiary/aromatic N) is 3. The van der Waals surface area contributed by atoms with Crippen molar-refractivity contribution in [2.45, 2.75) is 12.7 Å². The minimum absolute atomic E-state index is 0.0624. The topological polar surface area (TPSA) is 66.2 Å². The van der Waals surface area contributed by atoms with E-state index in [1.165, 1.54) is 30.3 Å². The number of esters is 1. The first kappa shape index (κ1) is 15.8. The van der Waals surface area contributed by atoms with E-state index in [1.807, 2.05) is 0 Å². The number of carbonyl (C=O) groups is 1. The minimum Gasteiger partial charge on any atom is -0.484 e. The molecule has 9 heteroatoms. The molecule has 6 nitrogen and oxygen atoms in total. The molecular weight excluding hydrogens is 303 g/mol. The van der Waals surface area contributed by atoms with Crippen LogP contribution in [0.1, 0.15) is 16.2 Å². The van der Waals surface area contributed by atoms with E-state index in [0.29, 0.717) is 6.54 Å². The van der Waals surface area contributed by atoms with E-state index in [4.69, 9.17) is 0 Å². The summed E-state index contributed by atoms with van der Waals surface area (Å²) in [5.41, 5.74) is 0.765. The molecule has 1 heterocycles. The van der Waals surface area contributed by atoms with Gasteiger partial charge in [0.1, 0.15) is 12.1 Å². The third kappa shape index (κ3) is 4.47. The van der Waals surface area contributed by atoms with Gasteiger partial charge in [0.05, 0.1) is 13.7 Å². The lowest BCUT2D eigenvalue weighted by molar-refractivity contribution is -0.153. The zero-order valence-corrected chi connectivity index (χ0v) is 11.5. The summed E-state index contributed by atoms with van der Waals surface area (Å²) in [4.78, 5) is 15.0. The van der Waals surface area contributed by atoms with E-state index in [9.17, 15) is 18.0 Å². The highest BCUT2D eigenvalue weighted by Gasteiger charge is 2.28. The summed E-state index contributed by atoms with van der Waals surface area (Å²) in [5.74, 6) is -0.586. The Labute approximate surface area is 123 Å². The molecule has 118 valence electrons. The third-order valence-electron chi connectivity index (χ3n) is 2.57. The molecule has 0 aliphatic rings. The molecule has 1 aromatic carbocycles. The molecular formula is C13H12F3N3O3. The van der Waals surface area contributed by atoms with Crippen LogP contribution >= 0.6 is 0 Å². The number of rotatable bonds is 5. The van der Waals surface area contributed by atoms with E-state index in [-0.39, 0.29) is 11.6 Å². The number of halogens is 3. The third-order valence-corrected chi connectivity index (χ3v) is 2.57. The number of hydrogen-bond acceptors (Lipinski definition) is 5. The maximum atomic E-state index is 12.0. The number of carbonyl (C=O) groups excluding carboxylic acids is 1. The van der Waals surface area contributed by atoms with Crippen LogP contribution < -0.4 is 4.74 Å². The number of methoxy groups -OCH3 is 1. The van der Waals surface area contributed by atoms with E-state index >= 15 is 0 Å². The first-order valence-corrected chi connectivity index (χ1v) is 6.13. The predicted molar refractivity (Wildman–Crippen MR) is 68.5 cm³/mol. The summed E-state index contributed by atoms with van der Waals surface area (Å²) >= 11 is 0. The van der Waals surface area contributed by atoms with Crippen molar-refractivity contribution >= 4 is 5.97 Å². The average Bonchev–Trinajstić information content (AvgIpc) is 2.93. The zero-order chi connectivity index (χ0) is 16.2. The summed E-state index contributed by atoms with van der Waals surface area (Å²) in [6, 6.07) is 6.06. The van der Waals surface area contributed by atoms with Crippen molar-refractivity contribution in [3.05, 3.63) is 42.0 Å². The van der Waals surface area contributed by atoms with E-state index in [2.05, 4.69) is 19.6 Å². The Morgan fingerprint density at radius 3 is 2.55 bits per heavy atom. The van der Waals surface area contributed by atoms with Crippen LogP contribution in [0.2, 0.25) is 0 Å². The predicted octanol–water partition coefficient (Wildman–Crippen LogP) is 2.05. The van der Waals surface area contributed by atoms with Crippen LogP contribution in [0, 0.1) is 0 Å². The van der Waals surface area contributed by atoms with Crippen molar-refractivity contribution in [3.63, 3.8) is 0 Å². The lowest BCUT2D eigenvalue weighted by Gasteiger charge is -2.09. The van der Waals surface area contributed by atoms with Crippen molar-refractivity contribution in [1.82, 2.24) is 14.8 Å². The van der Waals surface area contributed by atoms with Crippen LogP contribution in [-0.2, 0) is 11.3 Å². The van der Waals surface area contributed by atoms with Crippen molar-refractivity contribution in [3.8, 4) is 5.75 Å². The molecule has 0 saturated carbocycles. The molecule has 0 N–H and O–H groups in total. The van der Waals surface area contributed by atoms with Gasteiger partial charge in [-0.1, -0.05) is 12.1 Å². The van der Waals surface area contributed by atoms with Gasteiger partial charge in [-0.3, -0.25) is 0 Å². The van der Waals surface area contributed by atoms with Crippen molar-refractivity contribution in [1.29, 1.82) is 0 Å². The van der Waals surface area contributed by atoms with E-state index in [0.717, 1.165) is 5.56 Å². The maximum absolute atomic E-state index is 12.0. The Kier molecular flexibility index (Phi) is 4.64. The molecule has 2 rings (SSSR count). The summed E-state index contributed by atoms with van der Waals surface area (Å²) in [7, 11) is 1.22. The molecule has 2 aromatic rings. The first-order valence-electron chi connectivity index (χ1n) is 6.13. The van der Waals surface area contributed by atoms with Gasteiger partial charge < -0.3 is 9.47 Å². The second-order valence-corrected chi connectivity index (χ2v) is 4.31. The molecule has 0 bridgehead atoms. The fraction of sp³-hybridized carbons (Fsp3) is 0.308. The van der Waals surface area contributed by atoms with E-state index < -0.39 is 18.8 Å². The number of aromatic nitrogens is 3. The molecule has 0 spiro atoms. The Hall–Kier alpha value is -2.58. The molecule has 0 atom stereocenters. The number of alkyl halides is 3. The molecule has 0 amide bonds. The van der Waals surface area contributed by atoms with Gasteiger partial charge in [0, 0.05) is 0 Å². The van der Waals surface area contributed by atoms with Gasteiger partial charge in [0.15, 0.2) is 6.61 Å². The Balaban J connectivity index is 1.96. The average molecular weight is 315 g/mol. The fourth-order valence-electron chi connectivity index (χ4n) is 1.60. The van der Waals surface area contributed by atoms with E-state index in [1.54, 1.807) is 12.1 Å². The molecule has 0 aliphatic carbocycles. The highest BCUT2D eigenvalue weighted by Crippen LogP contribution is 2.19. The quantitative estimate of drug-likeness (QED) is 0.790. The number of ether oxygens (including phenoxy) is 2. The summed E-state index contributed by atoms with van der Waals surface area (Å²) in [6.45, 7) is -1.03. The van der Waals surface area contributed by atoms with Crippen LogP contribution in [0.15, 0.2) is 30.6 Å². The highest BCUT2D eigenvalue weighted by atomic mass is 19.4. The smallest absolute Gasteiger partial charge is 0.422 e. The first-order chi connectivity index (χ1) is 10.4. The summed E-state index contributed by atoms with van der Waals surface area (Å²) in [5, 5.41) is 3.92. The summed E-state index contributed by atoms with van der Waals surface area (Å²) < 4.78 is 46.6. The van der Waals surface area contributed by atoms with Gasteiger partial charge >= 0.3 is 12.1 Å². The molecule has 0 radical (unpaired) electrons. The Bertz CT molecular complexity index is 638. The number of benzene rings is 1. The minimum atomic E-state index is -4.37. The van der Waals surface area contributed by atoms with Gasteiger partial charge in [0.2, 0.25) is 0 Å². The van der Waals surface area contributed by atoms with Crippen molar-refractivity contribution < 1.29 is 27.4 Å². The molecule has 0 fully saturated rings. The van der Waals surface area contributed by atoms with Crippen LogP contribution in [0.4, 0.5) is 13.2 Å². The molecule has 1 aromatic heterocycles. The van der Waals surface area contributed by atoms with Gasteiger partial charge in [-0.25, -0.2) is 14.5 Å².